The van der Waals surface area contributed by atoms with Crippen molar-refractivity contribution in [1.29, 1.82) is 15.8 Å². The molecule has 45 heteroatoms. The molecule has 0 amide bonds. The van der Waals surface area contributed by atoms with E-state index in [4.69, 9.17) is 45.5 Å². The van der Waals surface area contributed by atoms with Crippen molar-refractivity contribution in [2.75, 3.05) is 76.3 Å². The molecular formula is C85H120BClN26O11S3Si3. The second kappa shape index (κ2) is 41.5. The summed E-state index contributed by atoms with van der Waals surface area (Å²) >= 11 is 5.99. The minimum absolute atomic E-state index is 0.0385. The molecule has 0 radical (unpaired) electrons. The number of nitrogens with one attached hydrogen (secondary N) is 3. The Morgan fingerprint density at radius 2 is 0.908 bits per heavy atom. The van der Waals surface area contributed by atoms with Crippen molar-refractivity contribution >= 4 is 123 Å². The Labute approximate surface area is 769 Å². The van der Waals surface area contributed by atoms with E-state index in [1.54, 1.807) is 55.1 Å². The van der Waals surface area contributed by atoms with Crippen LogP contribution in [0.25, 0.3) is 77.9 Å². The lowest BCUT2D eigenvalue weighted by atomic mass is 9.79. The van der Waals surface area contributed by atoms with Gasteiger partial charge in [0.25, 0.3) is 0 Å². The molecule has 0 saturated carbocycles. The van der Waals surface area contributed by atoms with Gasteiger partial charge in [0.2, 0.25) is 30.1 Å². The van der Waals surface area contributed by atoms with Crippen molar-refractivity contribution in [1.82, 2.24) is 111 Å². The fourth-order valence-electron chi connectivity index (χ4n) is 14.4. The Balaban J connectivity index is 0.000000156. The summed E-state index contributed by atoms with van der Waals surface area (Å²) < 4.78 is 114. The van der Waals surface area contributed by atoms with Gasteiger partial charge in [-0.1, -0.05) is 70.5 Å². The monoisotopic (exact) mass is 1910 g/mol. The molecule has 4 saturated heterocycles. The molecule has 0 bridgehead atoms. The lowest BCUT2D eigenvalue weighted by Gasteiger charge is -2.47. The summed E-state index contributed by atoms with van der Waals surface area (Å²) in [5.74, 6) is 0.217. The molecule has 0 spiro atoms. The number of allylic oxidation sites excluding steroid dienone is 1. The van der Waals surface area contributed by atoms with Gasteiger partial charge in [0.05, 0.1) is 99.6 Å². The van der Waals surface area contributed by atoms with Gasteiger partial charge < -0.3 is 42.2 Å². The minimum Gasteiger partial charge on any atom is -0.399 e. The summed E-state index contributed by atoms with van der Waals surface area (Å²) in [5, 5.41) is 54.4. The molecule has 0 atom stereocenters. The fourth-order valence-corrected chi connectivity index (χ4v) is 20.4. The zero-order chi connectivity index (χ0) is 94.7. The third-order valence-corrected chi connectivity index (χ3v) is 34.1. The van der Waals surface area contributed by atoms with E-state index in [1.165, 1.54) is 50.1 Å². The first-order valence-corrected chi connectivity index (χ1v) is 59.4. The lowest BCUT2D eigenvalue weighted by Crippen LogP contribution is -2.64. The Kier molecular flexibility index (Phi) is 32.1. The summed E-state index contributed by atoms with van der Waals surface area (Å²) in [4.78, 5) is 37.7. The Hall–Kier alpha value is -9.93. The topological polar surface area (TPSA) is 456 Å². The normalized spacial score (nSPS) is 16.1. The standard InChI is InChI=1S/C23H33N7O3SSi.C17H19N7O2S.C16H23N5OSi.C12H18ClN3OSi.C10H17BN2O2.C7H10N2O2S/c1-6-34(31,32)29-14-23(15-29,8-9-24)30-13-20(18(2)27-30)21-19-7-10-28(22(19)26-16-25-21)17-33-11-12-35(3,4)5;1-3-27(25,26)23-9-17(10-23,5-6-18)24-8-14(12(2)22-24)15-13-4-7-19-16(13)21-11-20-15;1-12-14(9-19-20-12)15-13-5-6-21(16(13)18-10-17-15)11-22-7-8-23(2,3)4;1-18(2,3)7-6-17-9-16-5-4-10-11(13)14-8-15-12(10)16;1-7-8(6-12-13-7)11-14-9(2,3)10(4,5)15-11;1-2-12(10,11)9-5-7(6-9)3-4-8/h7,10,13,16H,6,8,11-12,14-15,17H2,1-5H3;4,7-8,11H,3,5,9-10H2,1-2H3,(H,19,20,21);5-6,9-10H,7-8,11H2,1-4H3,(H,19,20);4-5,8H,6-7,9H2,1-3H3;6H,1-5H3,(H,12,13);3H,2,5-6H2,1H3. The second-order valence-electron chi connectivity index (χ2n) is 37.3. The van der Waals surface area contributed by atoms with Gasteiger partial charge in [0, 0.05) is 182 Å². The zero-order valence-corrected chi connectivity index (χ0v) is 84.1. The molecule has 130 heavy (non-hydrogen) atoms. The molecule has 37 nitrogen and oxygen atoms in total. The van der Waals surface area contributed by atoms with Crippen molar-refractivity contribution in [2.45, 2.75) is 209 Å². The minimum atomic E-state index is -3.31. The van der Waals surface area contributed by atoms with Crippen LogP contribution in [0.1, 0.15) is 84.1 Å². The number of hydrogen-bond donors (Lipinski definition) is 3. The molecule has 16 rings (SSSR count). The number of ether oxygens (including phenoxy) is 3. The maximum Gasteiger partial charge on any atom is 0.498 e. The average molecular weight is 1910 g/mol. The Morgan fingerprint density at radius 1 is 0.515 bits per heavy atom. The van der Waals surface area contributed by atoms with Gasteiger partial charge >= 0.3 is 7.12 Å². The highest BCUT2D eigenvalue weighted by atomic mass is 35.5. The SMILES string of the molecule is CCS(=O)(=O)N1CC(=CC#N)C1.CCS(=O)(=O)N1CC(CC#N)(n2cc(-c3ncnc4[nH]ccc34)c(C)n2)C1.CCS(=O)(=O)N1CC(CC#N)(n2cc(-c3ncnc4c3ccn4COCC[Si](C)(C)C)c(C)n2)C1.C[Si](C)(C)CCOCn1ccc2c(Cl)ncnc21.Cc1[nH]ncc1-c1ncnc2c1ccn2COCC[Si](C)(C)C.Cc1[nH]ncc1B1OC(C)(C)C(C)(C)O1. The summed E-state index contributed by atoms with van der Waals surface area (Å²) in [7, 11) is -13.2. The van der Waals surface area contributed by atoms with E-state index in [-0.39, 0.29) is 74.6 Å². The van der Waals surface area contributed by atoms with Crippen LogP contribution in [0.5, 0.6) is 0 Å². The smallest absolute Gasteiger partial charge is 0.399 e. The van der Waals surface area contributed by atoms with Gasteiger partial charge in [0.15, 0.2) is 0 Å². The van der Waals surface area contributed by atoms with Gasteiger partial charge in [-0.3, -0.25) is 19.6 Å². The van der Waals surface area contributed by atoms with E-state index >= 15 is 0 Å². The van der Waals surface area contributed by atoms with E-state index in [1.807, 2.05) is 130 Å². The third kappa shape index (κ3) is 23.9. The number of aromatic nitrogens is 20. The van der Waals surface area contributed by atoms with Crippen LogP contribution in [-0.2, 0) is 84.9 Å². The quantitative estimate of drug-likeness (QED) is 0.0170. The first-order chi connectivity index (χ1) is 61.3. The van der Waals surface area contributed by atoms with Gasteiger partial charge in [-0.25, -0.2) is 65.1 Å². The van der Waals surface area contributed by atoms with Crippen LogP contribution in [0.3, 0.4) is 0 Å². The van der Waals surface area contributed by atoms with E-state index in [9.17, 15) is 35.8 Å². The summed E-state index contributed by atoms with van der Waals surface area (Å²) in [6, 6.07) is 17.6. The molecule has 0 aliphatic carbocycles. The Bertz CT molecular complexity index is 6450. The van der Waals surface area contributed by atoms with E-state index in [0.29, 0.717) is 38.4 Å². The van der Waals surface area contributed by atoms with Gasteiger partial charge in [-0.05, 0) is 124 Å². The summed E-state index contributed by atoms with van der Waals surface area (Å²) in [5.41, 5.74) is 11.8. The number of aromatic amines is 3. The molecule has 4 aliphatic rings. The molecule has 3 N–H and O–H groups in total. The third-order valence-electron chi connectivity index (χ3n) is 23.4. The maximum atomic E-state index is 12.3. The van der Waals surface area contributed by atoms with Crippen LogP contribution in [0, 0.1) is 61.7 Å². The molecule has 696 valence electrons. The number of nitriles is 3. The highest BCUT2D eigenvalue weighted by molar-refractivity contribution is 7.89. The summed E-state index contributed by atoms with van der Waals surface area (Å²) in [6.45, 7) is 47.4. The van der Waals surface area contributed by atoms with Gasteiger partial charge in [-0.15, -0.1) is 0 Å². The predicted molar refractivity (Wildman–Crippen MR) is 510 cm³/mol. The first-order valence-electron chi connectivity index (χ1n) is 43.1. The number of hydrogen-bond acceptors (Lipinski definition) is 26. The second-order valence-corrected chi connectivity index (χ2v) is 61.3. The number of fused-ring (bicyclic) bond motifs is 4. The van der Waals surface area contributed by atoms with Gasteiger partial charge in [-0.2, -0.15) is 49.1 Å². The highest BCUT2D eigenvalue weighted by Gasteiger charge is 2.54. The maximum absolute atomic E-state index is 12.3. The van der Waals surface area contributed by atoms with Crippen molar-refractivity contribution in [2.24, 2.45) is 0 Å². The van der Waals surface area contributed by atoms with Gasteiger partial charge in [0.1, 0.15) is 84.3 Å². The Morgan fingerprint density at radius 3 is 1.31 bits per heavy atom. The first kappa shape index (κ1) is 101. The van der Waals surface area contributed by atoms with E-state index in [0.717, 1.165) is 138 Å². The molecule has 0 unspecified atom stereocenters. The molecule has 0 aromatic carbocycles. The number of aryl methyl sites for hydroxylation is 4. The number of rotatable bonds is 29. The largest absolute Gasteiger partial charge is 0.498 e. The van der Waals surface area contributed by atoms with Crippen molar-refractivity contribution in [3.63, 3.8) is 0 Å². The van der Waals surface area contributed by atoms with Crippen LogP contribution in [0.4, 0.5) is 0 Å². The van der Waals surface area contributed by atoms with Crippen molar-refractivity contribution in [3.05, 3.63) is 139 Å². The molecule has 12 aromatic rings. The average Bonchev–Trinajstić information content (AvgIpc) is 1.51. The predicted octanol–water partition coefficient (Wildman–Crippen LogP) is 12.6. The van der Waals surface area contributed by atoms with Crippen molar-refractivity contribution in [3.8, 4) is 52.0 Å². The number of nitrogens with zero attached hydrogens (tertiary/aromatic N) is 23. The highest BCUT2D eigenvalue weighted by Crippen LogP contribution is 2.41. The lowest BCUT2D eigenvalue weighted by molar-refractivity contribution is 0.00578. The molecular weight excluding hydrogens is 1790 g/mol. The number of H-pyrrole nitrogens is 3. The van der Waals surface area contributed by atoms with Crippen LogP contribution < -0.4 is 5.46 Å². The molecule has 4 fully saturated rings. The zero-order valence-electron chi connectivity index (χ0n) is 77.9. The van der Waals surface area contributed by atoms with Crippen LogP contribution in [0.15, 0.2) is 111 Å². The number of sulfonamides is 3. The molecule has 16 heterocycles. The van der Waals surface area contributed by atoms with Crippen molar-refractivity contribution < 1.29 is 48.8 Å². The molecule has 4 aliphatic heterocycles. The number of halogens is 1. The van der Waals surface area contributed by atoms with Crippen LogP contribution >= 0.6 is 11.6 Å². The molecule has 12 aromatic heterocycles. The van der Waals surface area contributed by atoms with Crippen LogP contribution in [-0.4, -0.2) is 256 Å². The van der Waals surface area contributed by atoms with E-state index < -0.39 is 65.4 Å². The summed E-state index contributed by atoms with van der Waals surface area (Å²) in [6.07, 6.45) is 22.9. The van der Waals surface area contributed by atoms with Crippen LogP contribution in [0.2, 0.25) is 82.2 Å². The van der Waals surface area contributed by atoms with E-state index in [2.05, 4.69) is 141 Å². The fraction of sp³-hybridized carbons (Fsp3) is 0.518.